The van der Waals surface area contributed by atoms with Crippen molar-refractivity contribution in [2.45, 2.75) is 6.92 Å². The molecule has 0 bridgehead atoms. The van der Waals surface area contributed by atoms with Crippen molar-refractivity contribution in [2.24, 2.45) is 5.10 Å². The van der Waals surface area contributed by atoms with Gasteiger partial charge in [-0.3, -0.25) is 4.79 Å². The van der Waals surface area contributed by atoms with Crippen molar-refractivity contribution in [2.75, 3.05) is 6.61 Å². The van der Waals surface area contributed by atoms with E-state index in [1.54, 1.807) is 66.7 Å². The van der Waals surface area contributed by atoms with E-state index in [0.717, 1.165) is 11.1 Å². The molecule has 0 atom stereocenters. The summed E-state index contributed by atoms with van der Waals surface area (Å²) in [4.78, 5) is 24.4. The Kier molecular flexibility index (Phi) is 7.32. The van der Waals surface area contributed by atoms with Crippen LogP contribution in [0.15, 0.2) is 90.6 Å². The molecule has 6 nitrogen and oxygen atoms in total. The molecular weight excluding hydrogens is 392 g/mol. The summed E-state index contributed by atoms with van der Waals surface area (Å²) < 4.78 is 10.8. The van der Waals surface area contributed by atoms with Gasteiger partial charge in [0.05, 0.1) is 11.8 Å². The number of esters is 1. The number of hydrogen-bond donors (Lipinski definition) is 1. The van der Waals surface area contributed by atoms with Crippen molar-refractivity contribution in [3.8, 4) is 11.5 Å². The van der Waals surface area contributed by atoms with E-state index in [2.05, 4.69) is 17.1 Å². The molecule has 0 spiro atoms. The number of hydrazone groups is 1. The maximum atomic E-state index is 12.2. The average Bonchev–Trinajstić information content (AvgIpc) is 2.79. The number of carbonyl (C=O) groups is 2. The lowest BCUT2D eigenvalue weighted by molar-refractivity contribution is 0.0734. The van der Waals surface area contributed by atoms with E-state index in [1.165, 1.54) is 6.21 Å². The molecule has 0 unspecified atom stereocenters. The maximum Gasteiger partial charge on any atom is 0.343 e. The van der Waals surface area contributed by atoms with Crippen LogP contribution in [0.1, 0.15) is 31.8 Å². The highest BCUT2D eigenvalue weighted by molar-refractivity contribution is 5.95. The average molecular weight is 414 g/mol. The Morgan fingerprint density at radius 3 is 2.35 bits per heavy atom. The highest BCUT2D eigenvalue weighted by Crippen LogP contribution is 2.15. The van der Waals surface area contributed by atoms with Gasteiger partial charge in [-0.25, -0.2) is 10.2 Å². The summed E-state index contributed by atoms with van der Waals surface area (Å²) in [5.74, 6) is 0.322. The van der Waals surface area contributed by atoms with E-state index >= 15 is 0 Å². The monoisotopic (exact) mass is 414 g/mol. The Bertz CT molecular complexity index is 1090. The van der Waals surface area contributed by atoms with Gasteiger partial charge < -0.3 is 9.47 Å². The van der Waals surface area contributed by atoms with Crippen LogP contribution in [0.4, 0.5) is 0 Å². The number of benzene rings is 3. The molecule has 6 heteroatoms. The Hall–Kier alpha value is -4.19. The summed E-state index contributed by atoms with van der Waals surface area (Å²) in [5, 5.41) is 3.96. The second-order valence-corrected chi connectivity index (χ2v) is 6.65. The van der Waals surface area contributed by atoms with E-state index in [9.17, 15) is 9.59 Å². The zero-order valence-corrected chi connectivity index (χ0v) is 17.1. The van der Waals surface area contributed by atoms with Crippen molar-refractivity contribution in [3.05, 3.63) is 108 Å². The van der Waals surface area contributed by atoms with E-state index < -0.39 is 5.97 Å². The van der Waals surface area contributed by atoms with Gasteiger partial charge in [0.2, 0.25) is 0 Å². The fourth-order valence-electron chi connectivity index (χ4n) is 2.65. The standard InChI is InChI=1S/C25H22N2O4/c1-3-15-30-22-13-9-20(10-14-22)24(28)27-26-17-19-7-11-23(12-8-19)31-25(29)21-6-4-5-18(2)16-21/h3-14,16-17H,1,15H2,2H3,(H,27,28). The summed E-state index contributed by atoms with van der Waals surface area (Å²) in [6.07, 6.45) is 3.15. The fraction of sp³-hybridized carbons (Fsp3) is 0.0800. The SMILES string of the molecule is C=CCOc1ccc(C(=O)NN=Cc2ccc(OC(=O)c3cccc(C)c3)cc2)cc1. The molecule has 31 heavy (non-hydrogen) atoms. The normalized spacial score (nSPS) is 10.5. The van der Waals surface area contributed by atoms with Crippen LogP contribution in [0.25, 0.3) is 0 Å². The lowest BCUT2D eigenvalue weighted by Crippen LogP contribution is -2.17. The van der Waals surface area contributed by atoms with Gasteiger partial charge in [0.15, 0.2) is 0 Å². The van der Waals surface area contributed by atoms with Gasteiger partial charge in [-0.15, -0.1) is 0 Å². The third kappa shape index (κ3) is 6.40. The molecule has 0 aliphatic carbocycles. The van der Waals surface area contributed by atoms with Crippen LogP contribution in [-0.4, -0.2) is 24.7 Å². The number of rotatable bonds is 8. The van der Waals surface area contributed by atoms with E-state index in [4.69, 9.17) is 9.47 Å². The molecule has 0 aromatic heterocycles. The summed E-state index contributed by atoms with van der Waals surface area (Å²) in [6.45, 7) is 5.90. The van der Waals surface area contributed by atoms with Crippen LogP contribution < -0.4 is 14.9 Å². The first kappa shape index (κ1) is 21.5. The lowest BCUT2D eigenvalue weighted by Gasteiger charge is -2.05. The Morgan fingerprint density at radius 1 is 0.968 bits per heavy atom. The number of carbonyl (C=O) groups excluding carboxylic acids is 2. The van der Waals surface area contributed by atoms with Crippen molar-refractivity contribution >= 4 is 18.1 Å². The summed E-state index contributed by atoms with van der Waals surface area (Å²) in [7, 11) is 0. The zero-order chi connectivity index (χ0) is 22.1. The molecule has 0 saturated heterocycles. The Labute approximate surface area is 180 Å². The molecule has 156 valence electrons. The van der Waals surface area contributed by atoms with Crippen molar-refractivity contribution < 1.29 is 19.1 Å². The van der Waals surface area contributed by atoms with Crippen LogP contribution in [0.5, 0.6) is 11.5 Å². The summed E-state index contributed by atoms with van der Waals surface area (Å²) in [5.41, 5.74) is 5.15. The molecule has 1 N–H and O–H groups in total. The first-order chi connectivity index (χ1) is 15.0. The van der Waals surface area contributed by atoms with Crippen molar-refractivity contribution in [3.63, 3.8) is 0 Å². The molecule has 1 amide bonds. The first-order valence-electron chi connectivity index (χ1n) is 9.61. The number of amides is 1. The van der Waals surface area contributed by atoms with E-state index in [-0.39, 0.29) is 5.91 Å². The molecule has 3 aromatic carbocycles. The molecule has 0 radical (unpaired) electrons. The highest BCUT2D eigenvalue weighted by Gasteiger charge is 2.08. The molecule has 0 saturated carbocycles. The Morgan fingerprint density at radius 2 is 1.68 bits per heavy atom. The maximum absolute atomic E-state index is 12.2. The molecule has 0 aliphatic rings. The molecule has 3 aromatic rings. The van der Waals surface area contributed by atoms with Crippen molar-refractivity contribution in [1.29, 1.82) is 0 Å². The number of hydrogen-bond acceptors (Lipinski definition) is 5. The van der Waals surface area contributed by atoms with Gasteiger partial charge in [0.1, 0.15) is 18.1 Å². The minimum Gasteiger partial charge on any atom is -0.490 e. The number of ether oxygens (including phenoxy) is 2. The molecule has 0 fully saturated rings. The molecule has 3 rings (SSSR count). The third-order valence-corrected chi connectivity index (χ3v) is 4.21. The van der Waals surface area contributed by atoms with Crippen LogP contribution in [0.2, 0.25) is 0 Å². The predicted octanol–water partition coefficient (Wildman–Crippen LogP) is 4.54. The topological polar surface area (TPSA) is 77.0 Å². The van der Waals surface area contributed by atoms with Gasteiger partial charge in [-0.1, -0.05) is 30.4 Å². The first-order valence-corrected chi connectivity index (χ1v) is 9.61. The molecular formula is C25H22N2O4. The number of nitrogens with one attached hydrogen (secondary N) is 1. The van der Waals surface area contributed by atoms with Gasteiger partial charge in [0.25, 0.3) is 5.91 Å². The van der Waals surface area contributed by atoms with Gasteiger partial charge in [0, 0.05) is 5.56 Å². The lowest BCUT2D eigenvalue weighted by atomic mass is 10.1. The van der Waals surface area contributed by atoms with Crippen LogP contribution in [0, 0.1) is 6.92 Å². The number of nitrogens with zero attached hydrogens (tertiary/aromatic N) is 1. The smallest absolute Gasteiger partial charge is 0.343 e. The minimum absolute atomic E-state index is 0.338. The zero-order valence-electron chi connectivity index (χ0n) is 17.1. The molecule has 0 heterocycles. The van der Waals surface area contributed by atoms with Crippen LogP contribution in [0.3, 0.4) is 0 Å². The number of aryl methyl sites for hydroxylation is 1. The van der Waals surface area contributed by atoms with Gasteiger partial charge in [-0.05, 0) is 73.2 Å². The second-order valence-electron chi connectivity index (χ2n) is 6.65. The second kappa shape index (κ2) is 10.5. The summed E-state index contributed by atoms with van der Waals surface area (Å²) >= 11 is 0. The highest BCUT2D eigenvalue weighted by atomic mass is 16.5. The van der Waals surface area contributed by atoms with E-state index in [1.807, 2.05) is 19.1 Å². The molecule has 0 aliphatic heterocycles. The van der Waals surface area contributed by atoms with Gasteiger partial charge in [-0.2, -0.15) is 5.10 Å². The minimum atomic E-state index is -0.418. The predicted molar refractivity (Wildman–Crippen MR) is 120 cm³/mol. The fourth-order valence-corrected chi connectivity index (χ4v) is 2.65. The van der Waals surface area contributed by atoms with Crippen LogP contribution >= 0.6 is 0 Å². The summed E-state index contributed by atoms with van der Waals surface area (Å²) in [6, 6.07) is 20.7. The van der Waals surface area contributed by atoms with Crippen LogP contribution in [-0.2, 0) is 0 Å². The third-order valence-electron chi connectivity index (χ3n) is 4.21. The van der Waals surface area contributed by atoms with Gasteiger partial charge >= 0.3 is 5.97 Å². The Balaban J connectivity index is 1.52. The largest absolute Gasteiger partial charge is 0.490 e. The van der Waals surface area contributed by atoms with Crippen molar-refractivity contribution in [1.82, 2.24) is 5.43 Å². The van der Waals surface area contributed by atoms with E-state index in [0.29, 0.717) is 29.2 Å². The quantitative estimate of drug-likeness (QED) is 0.193.